The fraction of sp³-hybridized carbons (Fsp3) is 0.600. The number of nitrogens with zero attached hydrogens (tertiary/aromatic N) is 2. The van der Waals surface area contributed by atoms with Gasteiger partial charge in [-0.15, -0.1) is 0 Å². The molecule has 15 heavy (non-hydrogen) atoms. The molecule has 1 atom stereocenters. The Hall–Kier alpha value is -1.36. The van der Waals surface area contributed by atoms with Crippen LogP contribution >= 0.6 is 0 Å². The molecule has 5 heteroatoms. The smallest absolute Gasteiger partial charge is 0.264 e. The minimum absolute atomic E-state index is 0.00509. The second-order valence-electron chi connectivity index (χ2n) is 3.96. The first-order valence-corrected chi connectivity index (χ1v) is 5.28. The highest BCUT2D eigenvalue weighted by Crippen LogP contribution is 2.11. The fourth-order valence-electron chi connectivity index (χ4n) is 1.81. The highest BCUT2D eigenvalue weighted by atomic mass is 16.2. The lowest BCUT2D eigenvalue weighted by Gasteiger charge is -2.21. The van der Waals surface area contributed by atoms with E-state index in [1.54, 1.807) is 13.1 Å². The van der Waals surface area contributed by atoms with Gasteiger partial charge in [0.2, 0.25) is 0 Å². The van der Waals surface area contributed by atoms with Gasteiger partial charge in [-0.25, -0.2) is 4.68 Å². The van der Waals surface area contributed by atoms with E-state index in [1.807, 2.05) is 0 Å². The van der Waals surface area contributed by atoms with Gasteiger partial charge in [0.05, 0.1) is 23.6 Å². The maximum atomic E-state index is 11.9. The molecule has 1 aromatic rings. The maximum absolute atomic E-state index is 11.9. The third kappa shape index (κ3) is 2.02. The number of hydrogen-bond acceptors (Lipinski definition) is 4. The molecule has 0 spiro atoms. The van der Waals surface area contributed by atoms with Crippen molar-refractivity contribution >= 4 is 11.6 Å². The van der Waals surface area contributed by atoms with Crippen LogP contribution in [0.2, 0.25) is 0 Å². The van der Waals surface area contributed by atoms with Crippen LogP contribution in [0.25, 0.3) is 0 Å². The zero-order valence-corrected chi connectivity index (χ0v) is 8.86. The summed E-state index contributed by atoms with van der Waals surface area (Å²) in [6, 6.07) is -0.0996. The number of piperidine rings is 1. The second kappa shape index (κ2) is 4.02. The average molecular weight is 208 g/mol. The normalized spacial score (nSPS) is 21.5. The number of aromatic nitrogens is 2. The Labute approximate surface area is 88.6 Å². The summed E-state index contributed by atoms with van der Waals surface area (Å²) in [5.74, 6) is -0.00509. The van der Waals surface area contributed by atoms with Gasteiger partial charge in [0, 0.05) is 0 Å². The van der Waals surface area contributed by atoms with Gasteiger partial charge in [-0.3, -0.25) is 4.79 Å². The number of nitrogen functional groups attached to an aromatic ring is 1. The van der Waals surface area contributed by atoms with Crippen LogP contribution in [0.4, 0.5) is 5.69 Å². The first-order valence-electron chi connectivity index (χ1n) is 5.28. The van der Waals surface area contributed by atoms with E-state index in [0.29, 0.717) is 11.4 Å². The second-order valence-corrected chi connectivity index (χ2v) is 3.96. The number of anilines is 1. The summed E-state index contributed by atoms with van der Waals surface area (Å²) >= 11 is 0. The van der Waals surface area contributed by atoms with Crippen LogP contribution in [0, 0.1) is 6.92 Å². The third-order valence-electron chi connectivity index (χ3n) is 2.77. The van der Waals surface area contributed by atoms with Gasteiger partial charge in [-0.1, -0.05) is 6.42 Å². The van der Waals surface area contributed by atoms with Gasteiger partial charge in [0.15, 0.2) is 0 Å². The van der Waals surface area contributed by atoms with Crippen molar-refractivity contribution < 1.29 is 4.79 Å². The van der Waals surface area contributed by atoms with Gasteiger partial charge in [0.1, 0.15) is 0 Å². The van der Waals surface area contributed by atoms with Crippen LogP contribution in [0.3, 0.4) is 0 Å². The number of hydrogen-bond donors (Lipinski definition) is 2. The Morgan fingerprint density at radius 2 is 2.47 bits per heavy atom. The van der Waals surface area contributed by atoms with Crippen LogP contribution in [-0.2, 0) is 0 Å². The summed E-state index contributed by atoms with van der Waals surface area (Å²) in [6.45, 7) is 2.71. The molecular formula is C10H16N4O. The summed E-state index contributed by atoms with van der Waals surface area (Å²) in [5, 5.41) is 7.28. The third-order valence-corrected chi connectivity index (χ3v) is 2.77. The summed E-state index contributed by atoms with van der Waals surface area (Å²) in [7, 11) is 0. The average Bonchev–Trinajstić information content (AvgIpc) is 2.59. The van der Waals surface area contributed by atoms with Crippen molar-refractivity contribution in [3.63, 3.8) is 0 Å². The van der Waals surface area contributed by atoms with E-state index < -0.39 is 0 Å². The van der Waals surface area contributed by atoms with Crippen LogP contribution < -0.4 is 11.1 Å². The molecule has 2 heterocycles. The van der Waals surface area contributed by atoms with E-state index >= 15 is 0 Å². The monoisotopic (exact) mass is 208 g/mol. The van der Waals surface area contributed by atoms with Crippen LogP contribution in [-0.4, -0.2) is 28.3 Å². The first-order chi connectivity index (χ1) is 7.18. The van der Waals surface area contributed by atoms with Crippen molar-refractivity contribution in [1.29, 1.82) is 0 Å². The van der Waals surface area contributed by atoms with Gasteiger partial charge in [-0.05, 0) is 26.3 Å². The van der Waals surface area contributed by atoms with Crippen molar-refractivity contribution in [3.05, 3.63) is 11.9 Å². The number of carbonyl (C=O) groups is 1. The van der Waals surface area contributed by atoms with Crippen LogP contribution in [0.5, 0.6) is 0 Å². The van der Waals surface area contributed by atoms with Crippen molar-refractivity contribution in [2.45, 2.75) is 32.2 Å². The van der Waals surface area contributed by atoms with Gasteiger partial charge in [0.25, 0.3) is 5.91 Å². The van der Waals surface area contributed by atoms with E-state index in [2.05, 4.69) is 10.4 Å². The molecule has 0 amide bonds. The van der Waals surface area contributed by atoms with E-state index in [0.717, 1.165) is 25.8 Å². The molecule has 0 saturated carbocycles. The quantitative estimate of drug-likeness (QED) is 0.707. The lowest BCUT2D eigenvalue weighted by molar-refractivity contribution is 0.0825. The largest absolute Gasteiger partial charge is 0.396 e. The Morgan fingerprint density at radius 3 is 3.00 bits per heavy atom. The molecule has 2 rings (SSSR count). The van der Waals surface area contributed by atoms with Crippen molar-refractivity contribution in [3.8, 4) is 0 Å². The SMILES string of the molecule is Cc1nn(C(=O)C2CCCCN2)cc1N. The molecule has 0 radical (unpaired) electrons. The molecule has 0 bridgehead atoms. The van der Waals surface area contributed by atoms with Gasteiger partial charge >= 0.3 is 0 Å². The standard InChI is InChI=1S/C10H16N4O/c1-7-8(11)6-14(13-7)10(15)9-4-2-3-5-12-9/h6,9,12H,2-5,11H2,1H3. The minimum Gasteiger partial charge on any atom is -0.396 e. The highest BCUT2D eigenvalue weighted by Gasteiger charge is 2.22. The molecule has 3 N–H and O–H groups in total. The summed E-state index contributed by atoms with van der Waals surface area (Å²) in [5.41, 5.74) is 6.93. The number of nitrogens with one attached hydrogen (secondary N) is 1. The topological polar surface area (TPSA) is 72.9 Å². The summed E-state index contributed by atoms with van der Waals surface area (Å²) < 4.78 is 1.35. The van der Waals surface area contributed by atoms with Crippen molar-refractivity contribution in [2.75, 3.05) is 12.3 Å². The summed E-state index contributed by atoms with van der Waals surface area (Å²) in [4.78, 5) is 11.9. The minimum atomic E-state index is -0.0996. The van der Waals surface area contributed by atoms with Crippen LogP contribution in [0.1, 0.15) is 29.8 Å². The number of carbonyl (C=O) groups excluding carboxylic acids is 1. The first kappa shape index (κ1) is 10.2. The van der Waals surface area contributed by atoms with E-state index in [4.69, 9.17) is 5.73 Å². The highest BCUT2D eigenvalue weighted by molar-refractivity contribution is 5.84. The molecule has 1 fully saturated rings. The Balaban J connectivity index is 2.12. The molecule has 82 valence electrons. The predicted octanol–water partition coefficient (Wildman–Crippen LogP) is 0.556. The maximum Gasteiger partial charge on any atom is 0.264 e. The molecule has 1 aliphatic heterocycles. The predicted molar refractivity (Wildman–Crippen MR) is 57.6 cm³/mol. The van der Waals surface area contributed by atoms with Crippen molar-refractivity contribution in [2.24, 2.45) is 0 Å². The lowest BCUT2D eigenvalue weighted by Crippen LogP contribution is -2.43. The van der Waals surface area contributed by atoms with Gasteiger partial charge in [-0.2, -0.15) is 5.10 Å². The zero-order valence-electron chi connectivity index (χ0n) is 8.86. The fourth-order valence-corrected chi connectivity index (χ4v) is 1.81. The van der Waals surface area contributed by atoms with E-state index in [-0.39, 0.29) is 11.9 Å². The molecule has 0 aliphatic carbocycles. The number of rotatable bonds is 1. The summed E-state index contributed by atoms with van der Waals surface area (Å²) in [6.07, 6.45) is 4.72. The molecule has 1 aromatic heterocycles. The Morgan fingerprint density at radius 1 is 1.67 bits per heavy atom. The lowest BCUT2D eigenvalue weighted by atomic mass is 10.0. The molecule has 5 nitrogen and oxygen atoms in total. The molecule has 1 aliphatic rings. The van der Waals surface area contributed by atoms with E-state index in [9.17, 15) is 4.79 Å². The Kier molecular flexibility index (Phi) is 2.73. The van der Waals surface area contributed by atoms with E-state index in [1.165, 1.54) is 4.68 Å². The van der Waals surface area contributed by atoms with Gasteiger partial charge < -0.3 is 11.1 Å². The zero-order chi connectivity index (χ0) is 10.8. The van der Waals surface area contributed by atoms with Crippen molar-refractivity contribution in [1.82, 2.24) is 15.1 Å². The molecule has 1 saturated heterocycles. The molecular weight excluding hydrogens is 192 g/mol. The number of nitrogens with two attached hydrogens (primary N) is 1. The Bertz CT molecular complexity index is 346. The van der Waals surface area contributed by atoms with Crippen LogP contribution in [0.15, 0.2) is 6.20 Å². The molecule has 1 unspecified atom stereocenters. The number of aryl methyl sites for hydroxylation is 1. The molecule has 0 aromatic carbocycles.